The molecule has 1 rings (SSSR count). The molecule has 0 N–H and O–H groups in total. The van der Waals surface area contributed by atoms with Crippen LogP contribution >= 0.6 is 11.8 Å². The number of aryl methyl sites for hydroxylation is 1. The van der Waals surface area contributed by atoms with Crippen molar-refractivity contribution in [1.29, 1.82) is 0 Å². The number of aromatic nitrogens is 2. The highest BCUT2D eigenvalue weighted by atomic mass is 32.2. The molecule has 0 aliphatic carbocycles. The van der Waals surface area contributed by atoms with Crippen molar-refractivity contribution in [2.45, 2.75) is 46.3 Å². The molecule has 0 aliphatic rings. The Kier molecular flexibility index (Phi) is 4.64. The van der Waals surface area contributed by atoms with E-state index in [0.717, 1.165) is 29.7 Å². The Morgan fingerprint density at radius 2 is 1.87 bits per heavy atom. The minimum Gasteiger partial charge on any atom is -0.424 e. The summed E-state index contributed by atoms with van der Waals surface area (Å²) in [6.07, 6.45) is 2.03. The Labute approximate surface area is 96.0 Å². The fourth-order valence-corrected chi connectivity index (χ4v) is 2.22. The number of hydrogen-bond acceptors (Lipinski definition) is 4. The average molecular weight is 228 g/mol. The Bertz CT molecular complexity index is 291. The van der Waals surface area contributed by atoms with Crippen LogP contribution in [0.15, 0.2) is 4.42 Å². The van der Waals surface area contributed by atoms with Crippen molar-refractivity contribution in [2.75, 3.05) is 5.75 Å². The zero-order valence-corrected chi connectivity index (χ0v) is 10.9. The van der Waals surface area contributed by atoms with Gasteiger partial charge in [0, 0.05) is 6.42 Å². The van der Waals surface area contributed by atoms with Crippen LogP contribution in [0, 0.1) is 5.41 Å². The van der Waals surface area contributed by atoms with E-state index in [1.54, 1.807) is 0 Å². The van der Waals surface area contributed by atoms with Crippen LogP contribution in [0.25, 0.3) is 0 Å². The van der Waals surface area contributed by atoms with E-state index in [0.29, 0.717) is 5.41 Å². The SMILES string of the molecule is CCc1nnc(CSCCC(C)(C)C)o1. The zero-order valence-electron chi connectivity index (χ0n) is 10.0. The van der Waals surface area contributed by atoms with Crippen molar-refractivity contribution in [1.82, 2.24) is 10.2 Å². The topological polar surface area (TPSA) is 38.9 Å². The largest absolute Gasteiger partial charge is 0.424 e. The van der Waals surface area contributed by atoms with Crippen molar-refractivity contribution in [3.05, 3.63) is 11.8 Å². The van der Waals surface area contributed by atoms with Crippen LogP contribution in [-0.4, -0.2) is 16.0 Å². The summed E-state index contributed by atoms with van der Waals surface area (Å²) in [4.78, 5) is 0. The molecule has 0 atom stereocenters. The fourth-order valence-electron chi connectivity index (χ4n) is 1.03. The maximum Gasteiger partial charge on any atom is 0.226 e. The third-order valence-corrected chi connectivity index (χ3v) is 2.98. The van der Waals surface area contributed by atoms with Gasteiger partial charge in [-0.1, -0.05) is 27.7 Å². The molecule has 0 saturated heterocycles. The van der Waals surface area contributed by atoms with Crippen molar-refractivity contribution < 1.29 is 4.42 Å². The molecular formula is C11H20N2OS. The smallest absolute Gasteiger partial charge is 0.226 e. The third-order valence-electron chi connectivity index (χ3n) is 2.03. The first-order chi connectivity index (χ1) is 7.01. The van der Waals surface area contributed by atoms with Gasteiger partial charge in [-0.15, -0.1) is 10.2 Å². The van der Waals surface area contributed by atoms with E-state index in [9.17, 15) is 0 Å². The lowest BCUT2D eigenvalue weighted by Crippen LogP contribution is -2.05. The molecule has 1 heterocycles. The summed E-state index contributed by atoms with van der Waals surface area (Å²) >= 11 is 1.86. The predicted octanol–water partition coefficient (Wildman–Crippen LogP) is 3.30. The number of nitrogens with zero attached hydrogens (tertiary/aromatic N) is 2. The summed E-state index contributed by atoms with van der Waals surface area (Å²) in [7, 11) is 0. The number of hydrogen-bond donors (Lipinski definition) is 0. The van der Waals surface area contributed by atoms with E-state index in [1.165, 1.54) is 6.42 Å². The third kappa shape index (κ3) is 5.21. The number of rotatable bonds is 5. The molecule has 0 saturated carbocycles. The molecule has 3 nitrogen and oxygen atoms in total. The molecule has 0 aliphatic heterocycles. The minimum absolute atomic E-state index is 0.413. The molecule has 0 radical (unpaired) electrons. The van der Waals surface area contributed by atoms with Gasteiger partial charge in [0.25, 0.3) is 0 Å². The lowest BCUT2D eigenvalue weighted by atomic mass is 9.94. The Balaban J connectivity index is 2.20. The highest BCUT2D eigenvalue weighted by molar-refractivity contribution is 7.98. The Morgan fingerprint density at radius 1 is 1.20 bits per heavy atom. The number of thioether (sulfide) groups is 1. The summed E-state index contributed by atoms with van der Waals surface area (Å²) < 4.78 is 5.42. The van der Waals surface area contributed by atoms with Gasteiger partial charge in [0.15, 0.2) is 0 Å². The normalized spacial score (nSPS) is 12.0. The van der Waals surface area contributed by atoms with Gasteiger partial charge < -0.3 is 4.42 Å². The molecule has 0 fully saturated rings. The maximum atomic E-state index is 5.42. The van der Waals surface area contributed by atoms with E-state index < -0.39 is 0 Å². The van der Waals surface area contributed by atoms with E-state index >= 15 is 0 Å². The van der Waals surface area contributed by atoms with Crippen molar-refractivity contribution in [3.8, 4) is 0 Å². The molecule has 0 spiro atoms. The van der Waals surface area contributed by atoms with Gasteiger partial charge in [-0.25, -0.2) is 0 Å². The summed E-state index contributed by atoms with van der Waals surface area (Å²) in [5.74, 6) is 3.48. The summed E-state index contributed by atoms with van der Waals surface area (Å²) in [6.45, 7) is 8.80. The quantitative estimate of drug-likeness (QED) is 0.725. The Hall–Kier alpha value is -0.510. The van der Waals surface area contributed by atoms with Crippen molar-refractivity contribution >= 4 is 11.8 Å². The lowest BCUT2D eigenvalue weighted by molar-refractivity contribution is 0.401. The highest BCUT2D eigenvalue weighted by Gasteiger charge is 2.10. The Morgan fingerprint density at radius 3 is 2.40 bits per heavy atom. The van der Waals surface area contributed by atoms with E-state index in [2.05, 4.69) is 31.0 Å². The van der Waals surface area contributed by atoms with Crippen LogP contribution in [0.5, 0.6) is 0 Å². The van der Waals surface area contributed by atoms with E-state index in [4.69, 9.17) is 4.42 Å². The fraction of sp³-hybridized carbons (Fsp3) is 0.818. The van der Waals surface area contributed by atoms with Gasteiger partial charge in [0.05, 0.1) is 5.75 Å². The van der Waals surface area contributed by atoms with Crippen molar-refractivity contribution in [2.24, 2.45) is 5.41 Å². The van der Waals surface area contributed by atoms with Gasteiger partial charge in [-0.3, -0.25) is 0 Å². The molecule has 1 aromatic rings. The second-order valence-corrected chi connectivity index (χ2v) is 5.91. The molecular weight excluding hydrogens is 208 g/mol. The first kappa shape index (κ1) is 12.6. The monoisotopic (exact) mass is 228 g/mol. The first-order valence-electron chi connectivity index (χ1n) is 5.40. The summed E-state index contributed by atoms with van der Waals surface area (Å²) in [5.41, 5.74) is 0.413. The van der Waals surface area contributed by atoms with Crippen LogP contribution in [0.4, 0.5) is 0 Å². The molecule has 4 heteroatoms. The van der Waals surface area contributed by atoms with Crippen LogP contribution in [-0.2, 0) is 12.2 Å². The molecule has 86 valence electrons. The van der Waals surface area contributed by atoms with E-state index in [1.807, 2.05) is 18.7 Å². The molecule has 0 amide bonds. The maximum absolute atomic E-state index is 5.42. The van der Waals surface area contributed by atoms with Gasteiger partial charge in [0.2, 0.25) is 11.8 Å². The average Bonchev–Trinajstić information content (AvgIpc) is 2.59. The standard InChI is InChI=1S/C11H20N2OS/c1-5-9-12-13-10(14-9)8-15-7-6-11(2,3)4/h5-8H2,1-4H3. The molecule has 1 aromatic heterocycles. The van der Waals surface area contributed by atoms with Gasteiger partial charge in [-0.05, 0) is 17.6 Å². The second kappa shape index (κ2) is 5.54. The second-order valence-electron chi connectivity index (χ2n) is 4.81. The molecule has 0 bridgehead atoms. The molecule has 15 heavy (non-hydrogen) atoms. The van der Waals surface area contributed by atoms with Crippen LogP contribution in [0.3, 0.4) is 0 Å². The van der Waals surface area contributed by atoms with Gasteiger partial charge >= 0.3 is 0 Å². The summed E-state index contributed by atoms with van der Waals surface area (Å²) in [5, 5.41) is 7.92. The van der Waals surface area contributed by atoms with Crippen LogP contribution in [0.2, 0.25) is 0 Å². The zero-order chi connectivity index (χ0) is 11.3. The first-order valence-corrected chi connectivity index (χ1v) is 6.56. The molecule has 0 unspecified atom stereocenters. The van der Waals surface area contributed by atoms with Gasteiger partial charge in [0.1, 0.15) is 0 Å². The minimum atomic E-state index is 0.413. The lowest BCUT2D eigenvalue weighted by Gasteiger charge is -2.16. The van der Waals surface area contributed by atoms with Crippen LogP contribution < -0.4 is 0 Å². The van der Waals surface area contributed by atoms with Crippen LogP contribution in [0.1, 0.15) is 45.9 Å². The van der Waals surface area contributed by atoms with E-state index in [-0.39, 0.29) is 0 Å². The predicted molar refractivity (Wildman–Crippen MR) is 63.9 cm³/mol. The van der Waals surface area contributed by atoms with Crippen molar-refractivity contribution in [3.63, 3.8) is 0 Å². The highest BCUT2D eigenvalue weighted by Crippen LogP contribution is 2.22. The summed E-state index contributed by atoms with van der Waals surface area (Å²) in [6, 6.07) is 0. The van der Waals surface area contributed by atoms with Gasteiger partial charge in [-0.2, -0.15) is 11.8 Å². The molecule has 0 aromatic carbocycles.